The van der Waals surface area contributed by atoms with Crippen molar-refractivity contribution in [1.29, 1.82) is 0 Å². The van der Waals surface area contributed by atoms with Crippen LogP contribution in [0.1, 0.15) is 23.3 Å². The third kappa shape index (κ3) is 4.38. The number of rotatable bonds is 6. The van der Waals surface area contributed by atoms with Gasteiger partial charge in [0.2, 0.25) is 0 Å². The van der Waals surface area contributed by atoms with E-state index in [0.717, 1.165) is 38.1 Å². The Balaban J connectivity index is 1.83. The van der Waals surface area contributed by atoms with Gasteiger partial charge >= 0.3 is 0 Å². The van der Waals surface area contributed by atoms with Crippen molar-refractivity contribution in [2.45, 2.75) is 12.8 Å². The molecule has 1 aromatic carbocycles. The number of hydrogen-bond donors (Lipinski definition) is 3. The van der Waals surface area contributed by atoms with Crippen molar-refractivity contribution < 1.29 is 18.3 Å². The number of carbonyl (C=O) groups is 1. The molecule has 1 amide bonds. The number of nitrogens with zero attached hydrogens (tertiary/aromatic N) is 2. The molecule has 1 unspecified atom stereocenters. The molecule has 2 aromatic heterocycles. The highest BCUT2D eigenvalue weighted by Crippen LogP contribution is 2.39. The van der Waals surface area contributed by atoms with Gasteiger partial charge in [0.25, 0.3) is 5.91 Å². The number of nitrogens with one attached hydrogen (secondary N) is 1. The number of hydrogen-bond acceptors (Lipinski definition) is 6. The monoisotopic (exact) mass is 439 g/mol. The van der Waals surface area contributed by atoms with E-state index in [2.05, 4.69) is 15.3 Å². The minimum Gasteiger partial charge on any atom is -0.492 e. The Morgan fingerprint density at radius 1 is 1.22 bits per heavy atom. The van der Waals surface area contributed by atoms with Gasteiger partial charge in [-0.3, -0.25) is 9.78 Å². The molecular weight excluding hydrogens is 416 g/mol. The second-order valence-electron chi connectivity index (χ2n) is 7.68. The van der Waals surface area contributed by atoms with E-state index >= 15 is 0 Å². The number of piperidine rings is 1. The van der Waals surface area contributed by atoms with Gasteiger partial charge in [-0.2, -0.15) is 0 Å². The molecule has 32 heavy (non-hydrogen) atoms. The summed E-state index contributed by atoms with van der Waals surface area (Å²) in [5, 5.41) is 3.34. The van der Waals surface area contributed by atoms with E-state index in [1.54, 1.807) is 12.3 Å². The number of nitrogen functional groups attached to an aromatic ring is 1. The first kappa shape index (κ1) is 21.6. The smallest absolute Gasteiger partial charge is 0.269 e. The average Bonchev–Trinajstić information content (AvgIpc) is 2.79. The molecule has 7 nitrogen and oxygen atoms in total. The van der Waals surface area contributed by atoms with Crippen LogP contribution in [0.5, 0.6) is 5.75 Å². The van der Waals surface area contributed by atoms with E-state index in [0.29, 0.717) is 23.8 Å². The highest BCUT2D eigenvalue weighted by molar-refractivity contribution is 5.99. The summed E-state index contributed by atoms with van der Waals surface area (Å²) < 4.78 is 35.4. The number of carbonyl (C=O) groups excluding carboxylic acids is 1. The molecule has 9 heteroatoms. The van der Waals surface area contributed by atoms with Crippen molar-refractivity contribution in [3.05, 3.63) is 60.1 Å². The lowest BCUT2D eigenvalue weighted by Crippen LogP contribution is -2.33. The van der Waals surface area contributed by atoms with Gasteiger partial charge in [0.15, 0.2) is 5.69 Å². The van der Waals surface area contributed by atoms with E-state index in [1.807, 2.05) is 0 Å². The summed E-state index contributed by atoms with van der Waals surface area (Å²) in [6.45, 7) is 2.31. The number of primary amides is 1. The summed E-state index contributed by atoms with van der Waals surface area (Å²) in [7, 11) is 0. The molecule has 3 heterocycles. The Bertz CT molecular complexity index is 1130. The predicted molar refractivity (Wildman–Crippen MR) is 117 cm³/mol. The van der Waals surface area contributed by atoms with Gasteiger partial charge in [0, 0.05) is 36.0 Å². The van der Waals surface area contributed by atoms with Gasteiger partial charge < -0.3 is 21.5 Å². The maximum absolute atomic E-state index is 14.7. The summed E-state index contributed by atoms with van der Waals surface area (Å²) >= 11 is 0. The Hall–Kier alpha value is -3.59. The fraction of sp³-hybridized carbons (Fsp3) is 0.261. The summed E-state index contributed by atoms with van der Waals surface area (Å²) in [5.74, 6) is -1.76. The van der Waals surface area contributed by atoms with Gasteiger partial charge in [0.05, 0.1) is 23.6 Å². The highest BCUT2D eigenvalue weighted by atomic mass is 19.1. The normalized spacial score (nSPS) is 16.0. The number of ether oxygens (including phenoxy) is 1. The van der Waals surface area contributed by atoms with Crippen LogP contribution in [0.25, 0.3) is 22.4 Å². The number of amides is 1. The zero-order valence-corrected chi connectivity index (χ0v) is 17.3. The third-order valence-electron chi connectivity index (χ3n) is 5.43. The molecule has 1 aliphatic heterocycles. The second-order valence-corrected chi connectivity index (χ2v) is 7.68. The first-order valence-corrected chi connectivity index (χ1v) is 10.3. The summed E-state index contributed by atoms with van der Waals surface area (Å²) in [4.78, 5) is 20.1. The van der Waals surface area contributed by atoms with Gasteiger partial charge in [-0.1, -0.05) is 6.07 Å². The van der Waals surface area contributed by atoms with Crippen LogP contribution in [-0.4, -0.2) is 35.6 Å². The molecule has 0 saturated carbocycles. The number of anilines is 1. The van der Waals surface area contributed by atoms with Crippen molar-refractivity contribution in [2.24, 2.45) is 11.7 Å². The average molecular weight is 439 g/mol. The van der Waals surface area contributed by atoms with Crippen molar-refractivity contribution in [2.75, 3.05) is 25.4 Å². The predicted octanol–water partition coefficient (Wildman–Crippen LogP) is 3.15. The quantitative estimate of drug-likeness (QED) is 0.543. The van der Waals surface area contributed by atoms with Gasteiger partial charge in [0.1, 0.15) is 17.4 Å². The number of nitrogens with two attached hydrogens (primary N) is 2. The molecular formula is C23H23F2N5O2. The summed E-state index contributed by atoms with van der Waals surface area (Å²) in [6, 6.07) is 6.56. The molecule has 1 fully saturated rings. The van der Waals surface area contributed by atoms with Gasteiger partial charge in [-0.15, -0.1) is 0 Å². The Morgan fingerprint density at radius 3 is 2.69 bits per heavy atom. The van der Waals surface area contributed by atoms with Gasteiger partial charge in [-0.25, -0.2) is 13.8 Å². The fourth-order valence-electron chi connectivity index (χ4n) is 3.83. The summed E-state index contributed by atoms with van der Waals surface area (Å²) in [6.07, 6.45) is 5.19. The van der Waals surface area contributed by atoms with Crippen molar-refractivity contribution in [1.82, 2.24) is 15.3 Å². The minimum absolute atomic E-state index is 0.0146. The molecule has 0 bridgehead atoms. The van der Waals surface area contributed by atoms with Crippen LogP contribution in [-0.2, 0) is 0 Å². The van der Waals surface area contributed by atoms with Crippen LogP contribution in [0, 0.1) is 17.6 Å². The maximum Gasteiger partial charge on any atom is 0.269 e. The van der Waals surface area contributed by atoms with E-state index in [9.17, 15) is 13.6 Å². The minimum atomic E-state index is -0.903. The zero-order valence-electron chi connectivity index (χ0n) is 17.3. The molecule has 4 rings (SSSR count). The van der Waals surface area contributed by atoms with E-state index in [4.69, 9.17) is 16.2 Å². The Morgan fingerprint density at radius 2 is 2.00 bits per heavy atom. The highest BCUT2D eigenvalue weighted by Gasteiger charge is 2.24. The number of benzene rings is 1. The lowest BCUT2D eigenvalue weighted by molar-refractivity contribution is 0.0996. The van der Waals surface area contributed by atoms with Crippen LogP contribution in [0.3, 0.4) is 0 Å². The SMILES string of the molecule is NC(=O)c1nc(-c2c(F)cccc2F)c(-c2cnccc2OCC2CCCNC2)cc1N. The number of aromatic nitrogens is 2. The first-order chi connectivity index (χ1) is 15.5. The van der Waals surface area contributed by atoms with E-state index in [-0.39, 0.29) is 22.6 Å². The topological polar surface area (TPSA) is 116 Å². The molecule has 1 saturated heterocycles. The van der Waals surface area contributed by atoms with E-state index < -0.39 is 23.1 Å². The third-order valence-corrected chi connectivity index (χ3v) is 5.43. The first-order valence-electron chi connectivity index (χ1n) is 10.3. The molecule has 0 radical (unpaired) electrons. The molecule has 0 spiro atoms. The molecule has 166 valence electrons. The number of halogens is 2. The molecule has 3 aromatic rings. The maximum atomic E-state index is 14.7. The number of pyridine rings is 2. The zero-order chi connectivity index (χ0) is 22.7. The second kappa shape index (κ2) is 9.27. The van der Waals surface area contributed by atoms with Crippen LogP contribution in [0.4, 0.5) is 14.5 Å². The fourth-order valence-corrected chi connectivity index (χ4v) is 3.83. The molecule has 1 aliphatic rings. The van der Waals surface area contributed by atoms with Crippen molar-refractivity contribution >= 4 is 11.6 Å². The van der Waals surface area contributed by atoms with Crippen molar-refractivity contribution in [3.8, 4) is 28.1 Å². The van der Waals surface area contributed by atoms with Crippen LogP contribution >= 0.6 is 0 Å². The Kier molecular flexibility index (Phi) is 6.27. The lowest BCUT2D eigenvalue weighted by Gasteiger charge is -2.23. The van der Waals surface area contributed by atoms with Crippen molar-refractivity contribution in [3.63, 3.8) is 0 Å². The van der Waals surface area contributed by atoms with E-state index in [1.165, 1.54) is 18.3 Å². The van der Waals surface area contributed by atoms with Crippen LogP contribution in [0.2, 0.25) is 0 Å². The summed E-state index contributed by atoms with van der Waals surface area (Å²) in [5.41, 5.74) is 11.3. The largest absolute Gasteiger partial charge is 0.492 e. The Labute approximate surface area is 183 Å². The van der Waals surface area contributed by atoms with Crippen LogP contribution in [0.15, 0.2) is 42.7 Å². The van der Waals surface area contributed by atoms with Crippen LogP contribution < -0.4 is 21.5 Å². The lowest BCUT2D eigenvalue weighted by atomic mass is 9.97. The van der Waals surface area contributed by atoms with Gasteiger partial charge in [-0.05, 0) is 43.7 Å². The molecule has 5 N–H and O–H groups in total. The standard InChI is InChI=1S/C23H23F2N5O2/c24-16-4-1-5-17(25)20(16)21-14(9-18(26)22(30-21)23(27)31)15-11-29-8-6-19(15)32-12-13-3-2-7-28-10-13/h1,4-6,8-9,11,13,28H,2-3,7,10,12,26H2,(H2,27,31). The molecule has 0 aliphatic carbocycles. The molecule has 1 atom stereocenters.